The van der Waals surface area contributed by atoms with E-state index in [1.54, 1.807) is 0 Å². The molecule has 0 aromatic carbocycles. The highest BCUT2D eigenvalue weighted by atomic mass is 31.1. The highest BCUT2D eigenvalue weighted by Gasteiger charge is 2.20. The Balaban J connectivity index is 3.63. The van der Waals surface area contributed by atoms with Crippen LogP contribution in [0.1, 0.15) is 6.92 Å². The molecule has 5 heteroatoms. The Labute approximate surface area is 53.7 Å². The molecule has 0 aliphatic carbocycles. The fourth-order valence-corrected chi connectivity index (χ4v) is 0.803. The van der Waals surface area contributed by atoms with Crippen molar-refractivity contribution >= 4 is 14.0 Å². The summed E-state index contributed by atoms with van der Waals surface area (Å²) in [5.74, 6) is -1.10. The van der Waals surface area contributed by atoms with Crippen molar-refractivity contribution in [3.63, 3.8) is 0 Å². The molecule has 0 rings (SSSR count). The van der Waals surface area contributed by atoms with E-state index in [2.05, 4.69) is 4.52 Å². The molecule has 0 saturated heterocycles. The van der Waals surface area contributed by atoms with Crippen molar-refractivity contribution in [2.24, 2.45) is 0 Å². The minimum Gasteiger partial charge on any atom is -0.479 e. The van der Waals surface area contributed by atoms with Crippen LogP contribution in [0.25, 0.3) is 0 Å². The van der Waals surface area contributed by atoms with Crippen LogP contribution >= 0.6 is 8.03 Å². The third kappa shape index (κ3) is 4.06. The van der Waals surface area contributed by atoms with Gasteiger partial charge in [0.15, 0.2) is 6.66 Å². The van der Waals surface area contributed by atoms with E-state index in [-0.39, 0.29) is 0 Å². The molecular weight excluding hydrogens is 143 g/mol. The Bertz CT molecular complexity index is 133. The van der Waals surface area contributed by atoms with E-state index in [0.717, 1.165) is 0 Å². The molecule has 0 aliphatic heterocycles. The second-order valence-electron chi connectivity index (χ2n) is 1.53. The summed E-state index contributed by atoms with van der Waals surface area (Å²) in [5, 5.41) is 8.18. The van der Waals surface area contributed by atoms with Crippen LogP contribution in [0.2, 0.25) is 0 Å². The lowest BCUT2D eigenvalue weighted by atomic mass is 10.4. The van der Waals surface area contributed by atoms with Crippen molar-refractivity contribution in [1.82, 2.24) is 0 Å². The molecule has 9 heavy (non-hydrogen) atoms. The van der Waals surface area contributed by atoms with Crippen LogP contribution in [0.15, 0.2) is 0 Å². The van der Waals surface area contributed by atoms with Gasteiger partial charge in [0.25, 0.3) is 0 Å². The quantitative estimate of drug-likeness (QED) is 0.607. The van der Waals surface area contributed by atoms with Crippen molar-refractivity contribution in [2.75, 3.05) is 6.66 Å². The summed E-state index contributed by atoms with van der Waals surface area (Å²) in [6.45, 7) is 2.65. The lowest BCUT2D eigenvalue weighted by Gasteiger charge is -1.93. The number of hydrogen-bond donors (Lipinski definition) is 1. The largest absolute Gasteiger partial charge is 0.505 e. The summed E-state index contributed by atoms with van der Waals surface area (Å²) in [5.41, 5.74) is 0. The molecule has 0 radical (unpaired) electrons. The Morgan fingerprint density at radius 2 is 2.22 bits per heavy atom. The van der Waals surface area contributed by atoms with E-state index in [1.165, 1.54) is 13.6 Å². The van der Waals surface area contributed by atoms with Gasteiger partial charge in [0.1, 0.15) is 0 Å². The molecule has 0 aliphatic rings. The van der Waals surface area contributed by atoms with Crippen LogP contribution < -0.4 is 0 Å². The van der Waals surface area contributed by atoms with Gasteiger partial charge in [-0.3, -0.25) is 0 Å². The molecule has 2 unspecified atom stereocenters. The SMILES string of the molecule is CC(O[P+](C)=O)C(=O)O. The second-order valence-corrected chi connectivity index (χ2v) is 2.62. The monoisotopic (exact) mass is 151 g/mol. The molecule has 2 atom stereocenters. The highest BCUT2D eigenvalue weighted by Crippen LogP contribution is 2.17. The van der Waals surface area contributed by atoms with E-state index >= 15 is 0 Å². The smallest absolute Gasteiger partial charge is 0.479 e. The first-order valence-corrected chi connectivity index (χ1v) is 3.97. The third-order valence-electron chi connectivity index (χ3n) is 0.654. The number of rotatable bonds is 3. The first kappa shape index (κ1) is 8.53. The second kappa shape index (κ2) is 3.54. The zero-order valence-corrected chi connectivity index (χ0v) is 6.09. The summed E-state index contributed by atoms with van der Waals surface area (Å²) in [4.78, 5) is 9.98. The zero-order chi connectivity index (χ0) is 7.44. The summed E-state index contributed by atoms with van der Waals surface area (Å²) >= 11 is 0. The molecular formula is C4H8O4P+. The van der Waals surface area contributed by atoms with Gasteiger partial charge in [-0.1, -0.05) is 0 Å². The maximum absolute atomic E-state index is 10.2. The van der Waals surface area contributed by atoms with Gasteiger partial charge in [-0.2, -0.15) is 0 Å². The Morgan fingerprint density at radius 1 is 1.78 bits per heavy atom. The van der Waals surface area contributed by atoms with Gasteiger partial charge in [0, 0.05) is 0 Å². The van der Waals surface area contributed by atoms with Crippen LogP contribution in [0.5, 0.6) is 0 Å². The third-order valence-corrected chi connectivity index (χ3v) is 1.27. The van der Waals surface area contributed by atoms with E-state index in [1.807, 2.05) is 0 Å². The molecule has 0 aromatic rings. The van der Waals surface area contributed by atoms with Crippen molar-refractivity contribution in [3.8, 4) is 0 Å². The lowest BCUT2D eigenvalue weighted by Crippen LogP contribution is -2.16. The summed E-state index contributed by atoms with van der Waals surface area (Å²) < 4.78 is 14.6. The Hall–Kier alpha value is -0.470. The average molecular weight is 151 g/mol. The molecule has 1 N–H and O–H groups in total. The van der Waals surface area contributed by atoms with Crippen molar-refractivity contribution in [1.29, 1.82) is 0 Å². The van der Waals surface area contributed by atoms with Crippen LogP contribution in [0.3, 0.4) is 0 Å². The first-order valence-electron chi connectivity index (χ1n) is 2.34. The molecule has 0 amide bonds. The average Bonchev–Trinajstić information content (AvgIpc) is 1.63. The highest BCUT2D eigenvalue weighted by molar-refractivity contribution is 7.38. The Kier molecular flexibility index (Phi) is 3.35. The van der Waals surface area contributed by atoms with Crippen molar-refractivity contribution in [3.05, 3.63) is 0 Å². The summed E-state index contributed by atoms with van der Waals surface area (Å²) in [6.07, 6.45) is -0.974. The molecule has 0 aromatic heterocycles. The Morgan fingerprint density at radius 3 is 2.33 bits per heavy atom. The molecule has 0 saturated carbocycles. The normalized spacial score (nSPS) is 14.7. The fraction of sp³-hybridized carbons (Fsp3) is 0.750. The number of carbonyl (C=O) groups is 1. The zero-order valence-electron chi connectivity index (χ0n) is 5.20. The van der Waals surface area contributed by atoms with Gasteiger partial charge >= 0.3 is 14.0 Å². The van der Waals surface area contributed by atoms with Gasteiger partial charge in [-0.25, -0.2) is 4.79 Å². The molecule has 0 spiro atoms. The molecule has 4 nitrogen and oxygen atoms in total. The van der Waals surface area contributed by atoms with E-state index in [0.29, 0.717) is 0 Å². The lowest BCUT2D eigenvalue weighted by molar-refractivity contribution is -0.144. The predicted molar refractivity (Wildman–Crippen MR) is 31.7 cm³/mol. The number of hydrogen-bond acceptors (Lipinski definition) is 3. The predicted octanol–water partition coefficient (Wildman–Crippen LogP) is 0.848. The fourth-order valence-electron chi connectivity index (χ4n) is 0.268. The number of carboxylic acids is 1. The summed E-state index contributed by atoms with van der Waals surface area (Å²) in [6, 6.07) is 0. The minimum absolute atomic E-state index is 0.974. The maximum atomic E-state index is 10.2. The van der Waals surface area contributed by atoms with Gasteiger partial charge in [-0.05, 0) is 11.5 Å². The summed E-state index contributed by atoms with van der Waals surface area (Å²) in [7, 11) is -1.80. The topological polar surface area (TPSA) is 63.6 Å². The van der Waals surface area contributed by atoms with Gasteiger partial charge in [-0.15, -0.1) is 4.52 Å². The molecule has 52 valence electrons. The van der Waals surface area contributed by atoms with Crippen LogP contribution in [-0.4, -0.2) is 23.8 Å². The van der Waals surface area contributed by atoms with Crippen LogP contribution in [0.4, 0.5) is 0 Å². The maximum Gasteiger partial charge on any atom is 0.505 e. The van der Waals surface area contributed by atoms with E-state index < -0.39 is 20.1 Å². The van der Waals surface area contributed by atoms with Gasteiger partial charge < -0.3 is 5.11 Å². The molecule has 0 heterocycles. The van der Waals surface area contributed by atoms with Gasteiger partial charge in [0.2, 0.25) is 6.10 Å². The first-order chi connectivity index (χ1) is 4.04. The molecule has 0 bridgehead atoms. The van der Waals surface area contributed by atoms with E-state index in [4.69, 9.17) is 5.11 Å². The standard InChI is InChI=1S/C4H7O4P/c1-3(4(5)6)8-9(2)7/h3H,1-2H3/p+1. The minimum atomic E-state index is -1.80. The van der Waals surface area contributed by atoms with Gasteiger partial charge in [0.05, 0.1) is 0 Å². The number of carboxylic acid groups (broad SMARTS) is 1. The van der Waals surface area contributed by atoms with Crippen molar-refractivity contribution < 1.29 is 19.0 Å². The van der Waals surface area contributed by atoms with Crippen LogP contribution in [0, 0.1) is 0 Å². The molecule has 0 fully saturated rings. The van der Waals surface area contributed by atoms with E-state index in [9.17, 15) is 9.36 Å². The van der Waals surface area contributed by atoms with Crippen LogP contribution in [-0.2, 0) is 13.9 Å². The number of aliphatic carboxylic acids is 1. The van der Waals surface area contributed by atoms with Crippen molar-refractivity contribution in [2.45, 2.75) is 13.0 Å².